The van der Waals surface area contributed by atoms with Crippen LogP contribution in [-0.2, 0) is 4.74 Å². The highest BCUT2D eigenvalue weighted by atomic mass is 16.5. The molecule has 1 saturated heterocycles. The van der Waals surface area contributed by atoms with Crippen LogP contribution in [0.15, 0.2) is 0 Å². The van der Waals surface area contributed by atoms with Gasteiger partial charge in [-0.15, -0.1) is 0 Å². The maximum absolute atomic E-state index is 8.28. The molecule has 2 aliphatic rings. The molecule has 0 aromatic carbocycles. The molecule has 0 unspecified atom stereocenters. The van der Waals surface area contributed by atoms with Crippen LogP contribution in [0.4, 0.5) is 0 Å². The van der Waals surface area contributed by atoms with Gasteiger partial charge in [-0.3, -0.25) is 5.41 Å². The number of amidine groups is 1. The second-order valence-corrected chi connectivity index (χ2v) is 5.92. The van der Waals surface area contributed by atoms with E-state index in [0.29, 0.717) is 11.3 Å². The van der Waals surface area contributed by atoms with E-state index in [1.807, 2.05) is 0 Å². The maximum atomic E-state index is 8.28. The third kappa shape index (κ3) is 2.76. The van der Waals surface area contributed by atoms with Gasteiger partial charge in [0.1, 0.15) is 0 Å². The van der Waals surface area contributed by atoms with E-state index < -0.39 is 0 Å². The molecule has 3 nitrogen and oxygen atoms in total. The molecule has 0 spiro atoms. The van der Waals surface area contributed by atoms with Crippen molar-refractivity contribution in [3.8, 4) is 0 Å². The van der Waals surface area contributed by atoms with Gasteiger partial charge in [0.05, 0.1) is 19.0 Å². The van der Waals surface area contributed by atoms with Crippen LogP contribution in [0.2, 0.25) is 0 Å². The molecule has 0 radical (unpaired) electrons. The van der Waals surface area contributed by atoms with Gasteiger partial charge in [0, 0.05) is 19.0 Å². The molecule has 1 N–H and O–H groups in total. The molecule has 2 fully saturated rings. The van der Waals surface area contributed by atoms with Gasteiger partial charge in [-0.25, -0.2) is 0 Å². The standard InChI is InChI=1S/C13H24N2O/c1-13(2)5-3-11(4-6-13)12(14)15-7-9-16-10-8-15/h11,14H,3-10H2,1-2H3. The van der Waals surface area contributed by atoms with Crippen molar-refractivity contribution in [2.24, 2.45) is 11.3 Å². The molecule has 16 heavy (non-hydrogen) atoms. The highest BCUT2D eigenvalue weighted by Crippen LogP contribution is 2.38. The number of hydrogen-bond donors (Lipinski definition) is 1. The lowest BCUT2D eigenvalue weighted by Gasteiger charge is -2.38. The van der Waals surface area contributed by atoms with Gasteiger partial charge in [-0.1, -0.05) is 13.8 Å². The van der Waals surface area contributed by atoms with Crippen molar-refractivity contribution in [2.75, 3.05) is 26.3 Å². The monoisotopic (exact) mass is 224 g/mol. The number of morpholine rings is 1. The number of ether oxygens (including phenoxy) is 1. The van der Waals surface area contributed by atoms with Crippen molar-refractivity contribution in [3.05, 3.63) is 0 Å². The van der Waals surface area contributed by atoms with Crippen molar-refractivity contribution in [1.82, 2.24) is 4.90 Å². The first-order valence-electron chi connectivity index (χ1n) is 6.50. The Kier molecular flexibility index (Phi) is 3.53. The molecule has 3 heteroatoms. The first-order valence-corrected chi connectivity index (χ1v) is 6.50. The van der Waals surface area contributed by atoms with Crippen LogP contribution < -0.4 is 0 Å². The van der Waals surface area contributed by atoms with Gasteiger partial charge >= 0.3 is 0 Å². The summed E-state index contributed by atoms with van der Waals surface area (Å²) in [6.07, 6.45) is 4.93. The van der Waals surface area contributed by atoms with Crippen LogP contribution in [0.5, 0.6) is 0 Å². The summed E-state index contributed by atoms with van der Waals surface area (Å²) in [6.45, 7) is 8.11. The zero-order valence-corrected chi connectivity index (χ0v) is 10.6. The Bertz CT molecular complexity index is 247. The van der Waals surface area contributed by atoms with E-state index in [1.54, 1.807) is 0 Å². The predicted octanol–water partition coefficient (Wildman–Crippen LogP) is 2.51. The zero-order chi connectivity index (χ0) is 11.6. The molecule has 0 aromatic rings. The molecular weight excluding hydrogens is 200 g/mol. The summed E-state index contributed by atoms with van der Waals surface area (Å²) >= 11 is 0. The highest BCUT2D eigenvalue weighted by molar-refractivity contribution is 5.81. The van der Waals surface area contributed by atoms with E-state index in [2.05, 4.69) is 18.7 Å². The highest BCUT2D eigenvalue weighted by Gasteiger charge is 2.31. The number of hydrogen-bond acceptors (Lipinski definition) is 2. The molecule has 0 amide bonds. The third-order valence-electron chi connectivity index (χ3n) is 4.08. The molecule has 92 valence electrons. The molecule has 0 atom stereocenters. The predicted molar refractivity (Wildman–Crippen MR) is 65.9 cm³/mol. The van der Waals surface area contributed by atoms with E-state index >= 15 is 0 Å². The van der Waals surface area contributed by atoms with Crippen LogP contribution in [0.25, 0.3) is 0 Å². The lowest BCUT2D eigenvalue weighted by Crippen LogP contribution is -2.44. The van der Waals surface area contributed by atoms with Crippen LogP contribution in [-0.4, -0.2) is 37.0 Å². The van der Waals surface area contributed by atoms with Crippen LogP contribution in [0.1, 0.15) is 39.5 Å². The Labute approximate surface area is 98.7 Å². The SMILES string of the molecule is CC1(C)CCC(C(=N)N2CCOCC2)CC1. The molecule has 0 aromatic heterocycles. The Morgan fingerprint density at radius 2 is 1.75 bits per heavy atom. The summed E-state index contributed by atoms with van der Waals surface area (Å²) in [5.41, 5.74) is 0.502. The molecule has 1 saturated carbocycles. The summed E-state index contributed by atoms with van der Waals surface area (Å²) in [4.78, 5) is 2.21. The Balaban J connectivity index is 1.86. The van der Waals surface area contributed by atoms with Gasteiger partial charge in [0.2, 0.25) is 0 Å². The van der Waals surface area contributed by atoms with Gasteiger partial charge in [0.25, 0.3) is 0 Å². The number of rotatable bonds is 1. The van der Waals surface area contributed by atoms with Crippen molar-refractivity contribution < 1.29 is 4.74 Å². The minimum atomic E-state index is 0.502. The van der Waals surface area contributed by atoms with E-state index in [-0.39, 0.29) is 0 Å². The fraction of sp³-hybridized carbons (Fsp3) is 0.923. The Morgan fingerprint density at radius 1 is 1.19 bits per heavy atom. The normalized spacial score (nSPS) is 26.8. The second kappa shape index (κ2) is 4.74. The first-order chi connectivity index (χ1) is 7.58. The fourth-order valence-corrected chi connectivity index (χ4v) is 2.74. The molecule has 2 rings (SSSR count). The van der Waals surface area contributed by atoms with Crippen LogP contribution in [0, 0.1) is 16.7 Å². The van der Waals surface area contributed by atoms with Crippen LogP contribution >= 0.6 is 0 Å². The zero-order valence-electron chi connectivity index (χ0n) is 10.6. The average molecular weight is 224 g/mol. The lowest BCUT2D eigenvalue weighted by molar-refractivity contribution is 0.0638. The van der Waals surface area contributed by atoms with E-state index in [1.165, 1.54) is 25.7 Å². The molecule has 1 aliphatic heterocycles. The largest absolute Gasteiger partial charge is 0.378 e. The van der Waals surface area contributed by atoms with E-state index in [0.717, 1.165) is 32.1 Å². The minimum Gasteiger partial charge on any atom is -0.378 e. The number of nitrogens with one attached hydrogen (secondary N) is 1. The quantitative estimate of drug-likeness (QED) is 0.549. The van der Waals surface area contributed by atoms with Gasteiger partial charge in [-0.2, -0.15) is 0 Å². The molecule has 1 heterocycles. The minimum absolute atomic E-state index is 0.502. The average Bonchev–Trinajstić information content (AvgIpc) is 2.29. The van der Waals surface area contributed by atoms with Crippen molar-refractivity contribution in [2.45, 2.75) is 39.5 Å². The van der Waals surface area contributed by atoms with Crippen LogP contribution in [0.3, 0.4) is 0 Å². The van der Waals surface area contributed by atoms with Gasteiger partial charge in [0.15, 0.2) is 0 Å². The van der Waals surface area contributed by atoms with Crippen molar-refractivity contribution in [1.29, 1.82) is 5.41 Å². The summed E-state index contributed by atoms with van der Waals surface area (Å²) in [6, 6.07) is 0. The summed E-state index contributed by atoms with van der Waals surface area (Å²) in [5.74, 6) is 1.38. The Hall–Kier alpha value is -0.570. The van der Waals surface area contributed by atoms with Gasteiger partial charge in [-0.05, 0) is 31.1 Å². The second-order valence-electron chi connectivity index (χ2n) is 5.92. The smallest absolute Gasteiger partial charge is 0.0991 e. The summed E-state index contributed by atoms with van der Waals surface area (Å²) in [7, 11) is 0. The summed E-state index contributed by atoms with van der Waals surface area (Å²) < 4.78 is 5.33. The van der Waals surface area contributed by atoms with E-state index in [4.69, 9.17) is 10.1 Å². The van der Waals surface area contributed by atoms with Gasteiger partial charge < -0.3 is 9.64 Å². The molecule has 1 aliphatic carbocycles. The summed E-state index contributed by atoms with van der Waals surface area (Å²) in [5, 5.41) is 8.28. The first kappa shape index (κ1) is 11.9. The van der Waals surface area contributed by atoms with Crippen molar-refractivity contribution in [3.63, 3.8) is 0 Å². The fourth-order valence-electron chi connectivity index (χ4n) is 2.74. The third-order valence-corrected chi connectivity index (χ3v) is 4.08. The Morgan fingerprint density at radius 3 is 2.31 bits per heavy atom. The number of nitrogens with zero attached hydrogens (tertiary/aromatic N) is 1. The van der Waals surface area contributed by atoms with E-state index in [9.17, 15) is 0 Å². The maximum Gasteiger partial charge on any atom is 0.0991 e. The molecule has 0 bridgehead atoms. The molecular formula is C13H24N2O. The van der Waals surface area contributed by atoms with Crippen molar-refractivity contribution >= 4 is 5.84 Å². The lowest BCUT2D eigenvalue weighted by atomic mass is 9.72. The topological polar surface area (TPSA) is 36.3 Å².